The van der Waals surface area contributed by atoms with Crippen LogP contribution in [0.5, 0.6) is 0 Å². The molecule has 4 nitrogen and oxygen atoms in total. The van der Waals surface area contributed by atoms with Crippen molar-refractivity contribution >= 4 is 33.2 Å². The summed E-state index contributed by atoms with van der Waals surface area (Å²) in [6.45, 7) is 0. The van der Waals surface area contributed by atoms with Crippen LogP contribution in [0.15, 0.2) is 35.4 Å². The molecular formula is C9H6NO3S2-. The molecule has 78 valence electrons. The summed E-state index contributed by atoms with van der Waals surface area (Å²) in [6, 6.07) is 6.95. The number of aromatic nitrogens is 1. The van der Waals surface area contributed by atoms with Gasteiger partial charge in [0.25, 0.3) is 0 Å². The summed E-state index contributed by atoms with van der Waals surface area (Å²) >= 11 is 4.94. The summed E-state index contributed by atoms with van der Waals surface area (Å²) in [7, 11) is -4.51. The first-order valence-electron chi connectivity index (χ1n) is 4.06. The first-order chi connectivity index (χ1) is 7.00. The van der Waals surface area contributed by atoms with E-state index in [4.69, 9.17) is 12.2 Å². The molecule has 0 saturated carbocycles. The maximum Gasteiger partial charge on any atom is 0.127 e. The summed E-state index contributed by atoms with van der Waals surface area (Å²) < 4.78 is 32.6. The lowest BCUT2D eigenvalue weighted by atomic mass is 10.2. The fourth-order valence-corrected chi connectivity index (χ4v) is 2.42. The van der Waals surface area contributed by atoms with Gasteiger partial charge in [-0.1, -0.05) is 30.4 Å². The van der Waals surface area contributed by atoms with E-state index in [2.05, 4.69) is 4.98 Å². The van der Waals surface area contributed by atoms with Gasteiger partial charge in [-0.05, 0) is 6.07 Å². The maximum atomic E-state index is 10.9. The van der Waals surface area contributed by atoms with E-state index in [-0.39, 0.29) is 9.41 Å². The van der Waals surface area contributed by atoms with E-state index in [0.717, 1.165) is 6.20 Å². The molecule has 0 fully saturated rings. The van der Waals surface area contributed by atoms with Crippen LogP contribution in [0.1, 0.15) is 0 Å². The summed E-state index contributed by atoms with van der Waals surface area (Å²) in [5.41, 5.74) is 0.704. The molecule has 0 radical (unpaired) electrons. The molecule has 2 rings (SSSR count). The fourth-order valence-electron chi connectivity index (χ4n) is 1.33. The molecule has 2 aromatic rings. The standard InChI is InChI=1S/C9H7NO3S2/c11-15(12,13)8-5-10-7-4-2-1-3-6(7)9(8)14/h1-5H,(H,10,14)(H,11,12,13)/p-1. The van der Waals surface area contributed by atoms with Crippen LogP contribution in [-0.2, 0) is 10.1 Å². The molecule has 1 heterocycles. The van der Waals surface area contributed by atoms with Crippen LogP contribution in [0.4, 0.5) is 0 Å². The smallest absolute Gasteiger partial charge is 0.127 e. The minimum Gasteiger partial charge on any atom is -0.744 e. The zero-order valence-corrected chi connectivity index (χ0v) is 9.06. The van der Waals surface area contributed by atoms with E-state index >= 15 is 0 Å². The number of pyridine rings is 1. The van der Waals surface area contributed by atoms with E-state index in [9.17, 15) is 13.0 Å². The van der Waals surface area contributed by atoms with Gasteiger partial charge in [0.2, 0.25) is 0 Å². The van der Waals surface area contributed by atoms with Gasteiger partial charge in [0, 0.05) is 17.1 Å². The second-order valence-electron chi connectivity index (χ2n) is 2.98. The molecule has 0 aliphatic heterocycles. The van der Waals surface area contributed by atoms with Crippen LogP contribution >= 0.6 is 12.2 Å². The Hall–Kier alpha value is -1.24. The van der Waals surface area contributed by atoms with Crippen molar-refractivity contribution in [3.8, 4) is 0 Å². The molecule has 0 bridgehead atoms. The number of hydrogen-bond acceptors (Lipinski definition) is 4. The SMILES string of the molecule is O=S(=O)([O-])c1c[nH]c2ccccc2c1=S. The number of H-pyrrole nitrogens is 1. The number of rotatable bonds is 1. The maximum absolute atomic E-state index is 10.9. The van der Waals surface area contributed by atoms with Gasteiger partial charge in [0.05, 0.1) is 9.41 Å². The molecule has 0 saturated heterocycles. The van der Waals surface area contributed by atoms with Crippen molar-refractivity contribution in [3.05, 3.63) is 35.0 Å². The van der Waals surface area contributed by atoms with Crippen LogP contribution in [0.2, 0.25) is 0 Å². The Labute approximate surface area is 91.3 Å². The van der Waals surface area contributed by atoms with Crippen LogP contribution in [-0.4, -0.2) is 18.0 Å². The Morgan fingerprint density at radius 3 is 2.60 bits per heavy atom. The van der Waals surface area contributed by atoms with Crippen molar-refractivity contribution < 1.29 is 13.0 Å². The molecular weight excluding hydrogens is 234 g/mol. The third-order valence-electron chi connectivity index (χ3n) is 2.02. The average molecular weight is 240 g/mol. The van der Waals surface area contributed by atoms with Gasteiger partial charge in [-0.15, -0.1) is 0 Å². The van der Waals surface area contributed by atoms with E-state index in [0.29, 0.717) is 10.9 Å². The van der Waals surface area contributed by atoms with Gasteiger partial charge in [0.1, 0.15) is 10.1 Å². The van der Waals surface area contributed by atoms with Gasteiger partial charge in [0.15, 0.2) is 0 Å². The zero-order valence-electron chi connectivity index (χ0n) is 7.43. The number of hydrogen-bond donors (Lipinski definition) is 1. The minimum atomic E-state index is -4.51. The Bertz CT molecular complexity index is 673. The van der Waals surface area contributed by atoms with E-state index in [1.54, 1.807) is 24.3 Å². The van der Waals surface area contributed by atoms with Gasteiger partial charge in [-0.2, -0.15) is 0 Å². The third-order valence-corrected chi connectivity index (χ3v) is 3.45. The highest BCUT2D eigenvalue weighted by molar-refractivity contribution is 7.86. The first kappa shape index (κ1) is 10.3. The van der Waals surface area contributed by atoms with E-state index < -0.39 is 10.1 Å². The lowest BCUT2D eigenvalue weighted by molar-refractivity contribution is 0.462. The van der Waals surface area contributed by atoms with Gasteiger partial charge in [-0.25, -0.2) is 8.42 Å². The second kappa shape index (κ2) is 3.41. The highest BCUT2D eigenvalue weighted by atomic mass is 32.2. The summed E-state index contributed by atoms with van der Waals surface area (Å²) in [5, 5.41) is 0.560. The van der Waals surface area contributed by atoms with E-state index in [1.807, 2.05) is 0 Å². The predicted molar refractivity (Wildman–Crippen MR) is 57.1 cm³/mol. The Balaban J connectivity index is 2.95. The normalized spacial score (nSPS) is 11.8. The number of aromatic amines is 1. The topological polar surface area (TPSA) is 73.0 Å². The Morgan fingerprint density at radius 1 is 1.27 bits per heavy atom. The van der Waals surface area contributed by atoms with Crippen molar-refractivity contribution in [1.82, 2.24) is 4.98 Å². The summed E-state index contributed by atoms with van der Waals surface area (Å²) in [5.74, 6) is 0. The number of benzene rings is 1. The molecule has 0 aliphatic carbocycles. The van der Waals surface area contributed by atoms with Crippen molar-refractivity contribution in [2.24, 2.45) is 0 Å². The predicted octanol–water partition coefficient (Wildman–Crippen LogP) is 1.80. The van der Waals surface area contributed by atoms with Gasteiger partial charge in [-0.3, -0.25) is 0 Å². The summed E-state index contributed by atoms with van der Waals surface area (Å²) in [6.07, 6.45) is 1.13. The molecule has 15 heavy (non-hydrogen) atoms. The van der Waals surface area contributed by atoms with Gasteiger partial charge >= 0.3 is 0 Å². The molecule has 0 atom stereocenters. The van der Waals surface area contributed by atoms with Gasteiger partial charge < -0.3 is 9.54 Å². The molecule has 0 unspecified atom stereocenters. The molecule has 1 aromatic heterocycles. The fraction of sp³-hybridized carbons (Fsp3) is 0. The quantitative estimate of drug-likeness (QED) is 0.609. The molecule has 6 heteroatoms. The third kappa shape index (κ3) is 1.79. The van der Waals surface area contributed by atoms with Crippen LogP contribution < -0.4 is 0 Å². The summed E-state index contributed by atoms with van der Waals surface area (Å²) in [4.78, 5) is 2.34. The highest BCUT2D eigenvalue weighted by Gasteiger charge is 2.06. The second-order valence-corrected chi connectivity index (χ2v) is 4.74. The molecule has 1 N–H and O–H groups in total. The number of para-hydroxylation sites is 1. The minimum absolute atomic E-state index is 0.0688. The van der Waals surface area contributed by atoms with Crippen LogP contribution in [0.3, 0.4) is 0 Å². The lowest BCUT2D eigenvalue weighted by Crippen LogP contribution is -2.00. The zero-order chi connectivity index (χ0) is 11.1. The Kier molecular flexibility index (Phi) is 2.34. The molecule has 0 spiro atoms. The van der Waals surface area contributed by atoms with Crippen molar-refractivity contribution in [1.29, 1.82) is 0 Å². The Morgan fingerprint density at radius 2 is 1.93 bits per heavy atom. The van der Waals surface area contributed by atoms with E-state index in [1.165, 1.54) is 0 Å². The van der Waals surface area contributed by atoms with Crippen molar-refractivity contribution in [2.75, 3.05) is 0 Å². The number of nitrogens with one attached hydrogen (secondary N) is 1. The molecule has 0 aliphatic rings. The molecule has 1 aromatic carbocycles. The molecule has 0 amide bonds. The largest absolute Gasteiger partial charge is 0.744 e. The van der Waals surface area contributed by atoms with Crippen LogP contribution in [0.25, 0.3) is 10.9 Å². The first-order valence-corrected chi connectivity index (χ1v) is 5.88. The van der Waals surface area contributed by atoms with Crippen LogP contribution in [0, 0.1) is 4.51 Å². The highest BCUT2D eigenvalue weighted by Crippen LogP contribution is 2.18. The lowest BCUT2D eigenvalue weighted by Gasteiger charge is -2.08. The van der Waals surface area contributed by atoms with Crippen molar-refractivity contribution in [2.45, 2.75) is 4.90 Å². The van der Waals surface area contributed by atoms with Crippen molar-refractivity contribution in [3.63, 3.8) is 0 Å². The monoisotopic (exact) mass is 240 g/mol. The average Bonchev–Trinajstić information content (AvgIpc) is 2.16. The number of fused-ring (bicyclic) bond motifs is 1.